The Morgan fingerprint density at radius 1 is 1.34 bits per heavy atom. The van der Waals surface area contributed by atoms with Gasteiger partial charge >= 0.3 is 11.8 Å². The number of alkyl carbamates (subject to hydrolysis) is 1. The van der Waals surface area contributed by atoms with Crippen LogP contribution in [0.3, 0.4) is 0 Å². The fourth-order valence-corrected chi connectivity index (χ4v) is 4.64. The molecule has 0 aliphatic carbocycles. The van der Waals surface area contributed by atoms with E-state index in [2.05, 4.69) is 21.3 Å². The number of imidazole rings is 1. The van der Waals surface area contributed by atoms with Gasteiger partial charge in [0.05, 0.1) is 23.9 Å². The molecule has 1 saturated heterocycles. The second-order valence-corrected chi connectivity index (χ2v) is 10.2. The van der Waals surface area contributed by atoms with E-state index in [0.717, 1.165) is 30.6 Å². The number of piperidine rings is 1. The van der Waals surface area contributed by atoms with Crippen molar-refractivity contribution in [3.63, 3.8) is 0 Å². The molecule has 1 aromatic carbocycles. The molecule has 4 rings (SSSR count). The molecule has 1 N–H and O–H groups in total. The number of hydrogen-bond acceptors (Lipinski definition) is 6. The minimum absolute atomic E-state index is 0.121. The third-order valence-corrected chi connectivity index (χ3v) is 6.17. The number of halogens is 1. The molecule has 1 fully saturated rings. The van der Waals surface area contributed by atoms with E-state index in [4.69, 9.17) is 16.3 Å². The Hall–Kier alpha value is -3.51. The third kappa shape index (κ3) is 5.28. The number of ether oxygens (including phenoxy) is 1. The van der Waals surface area contributed by atoms with Gasteiger partial charge in [0.1, 0.15) is 16.3 Å². The van der Waals surface area contributed by atoms with E-state index in [1.165, 1.54) is 4.57 Å². The van der Waals surface area contributed by atoms with E-state index in [9.17, 15) is 14.9 Å². The van der Waals surface area contributed by atoms with Crippen molar-refractivity contribution in [2.24, 2.45) is 7.05 Å². The van der Waals surface area contributed by atoms with E-state index < -0.39 is 11.7 Å². The van der Waals surface area contributed by atoms with Gasteiger partial charge in [0.2, 0.25) is 0 Å². The quantitative estimate of drug-likeness (QED) is 0.551. The summed E-state index contributed by atoms with van der Waals surface area (Å²) in [5.74, 6) is 0. The first-order valence-corrected chi connectivity index (χ1v) is 11.9. The van der Waals surface area contributed by atoms with Gasteiger partial charge in [-0.1, -0.05) is 29.8 Å². The van der Waals surface area contributed by atoms with Gasteiger partial charge in [0, 0.05) is 32.2 Å². The predicted octanol–water partition coefficient (Wildman–Crippen LogP) is 3.80. The molecule has 2 aromatic heterocycles. The van der Waals surface area contributed by atoms with E-state index in [1.807, 2.05) is 32.9 Å². The van der Waals surface area contributed by atoms with Crippen molar-refractivity contribution in [2.45, 2.75) is 51.8 Å². The number of nitrogens with one attached hydrogen (secondary N) is 1. The average Bonchev–Trinajstić information content (AvgIpc) is 3.02. The molecular weight excluding hydrogens is 468 g/mol. The van der Waals surface area contributed by atoms with Crippen LogP contribution < -0.4 is 15.9 Å². The number of aryl methyl sites for hydroxylation is 1. The lowest BCUT2D eigenvalue weighted by atomic mass is 10.0. The second kappa shape index (κ2) is 9.62. The van der Waals surface area contributed by atoms with Crippen LogP contribution in [0.1, 0.15) is 44.7 Å². The molecule has 35 heavy (non-hydrogen) atoms. The number of anilines is 1. The molecule has 1 aliphatic heterocycles. The smallest absolute Gasteiger partial charge is 0.407 e. The Balaban J connectivity index is 1.72. The van der Waals surface area contributed by atoms with Gasteiger partial charge in [0.15, 0.2) is 5.65 Å². The fraction of sp³-hybridized carbons (Fsp3) is 0.440. The van der Waals surface area contributed by atoms with Crippen LogP contribution in [0.15, 0.2) is 35.1 Å². The monoisotopic (exact) mass is 496 g/mol. The van der Waals surface area contributed by atoms with Crippen molar-refractivity contribution in [3.05, 3.63) is 57.1 Å². The third-order valence-electron chi connectivity index (χ3n) is 5.98. The molecule has 0 saturated carbocycles. The fourth-order valence-electron chi connectivity index (χ4n) is 4.46. The zero-order chi connectivity index (χ0) is 25.3. The number of aromatic nitrogens is 3. The first-order valence-electron chi connectivity index (χ1n) is 11.6. The van der Waals surface area contributed by atoms with Crippen molar-refractivity contribution >= 4 is 34.5 Å². The van der Waals surface area contributed by atoms with Crippen molar-refractivity contribution in [3.8, 4) is 6.07 Å². The van der Waals surface area contributed by atoms with Gasteiger partial charge in [-0.3, -0.25) is 9.13 Å². The largest absolute Gasteiger partial charge is 0.444 e. The summed E-state index contributed by atoms with van der Waals surface area (Å²) in [6, 6.07) is 11.1. The molecule has 10 heteroatoms. The standard InChI is InChI=1S/C25H29ClN6O3/c1-25(2,3)35-23(33)28-18-10-7-11-31(15-18)19-12-20(26)29-22-21(19)32(24(34)30(22)4)14-17-9-6-5-8-16(17)13-27/h5-6,8-9,12,18H,7,10-11,14-15H2,1-4H3,(H,28,33)/t18-/m1/s1. The Labute approximate surface area is 208 Å². The van der Waals surface area contributed by atoms with Gasteiger partial charge < -0.3 is 15.0 Å². The lowest BCUT2D eigenvalue weighted by molar-refractivity contribution is 0.0500. The highest BCUT2D eigenvalue weighted by atomic mass is 35.5. The summed E-state index contributed by atoms with van der Waals surface area (Å²) in [5.41, 5.74) is 2.31. The number of carbonyl (C=O) groups excluding carboxylic acids is 1. The summed E-state index contributed by atoms with van der Waals surface area (Å²) in [4.78, 5) is 32.1. The molecule has 1 atom stereocenters. The molecule has 3 aromatic rings. The predicted molar refractivity (Wildman–Crippen MR) is 135 cm³/mol. The topological polar surface area (TPSA) is 105 Å². The highest BCUT2D eigenvalue weighted by Crippen LogP contribution is 2.31. The first-order chi connectivity index (χ1) is 16.6. The van der Waals surface area contributed by atoms with Crippen LogP contribution in [0, 0.1) is 11.3 Å². The summed E-state index contributed by atoms with van der Waals surface area (Å²) in [6.45, 7) is 6.98. The number of amides is 1. The van der Waals surface area contributed by atoms with Crippen LogP contribution in [-0.2, 0) is 18.3 Å². The van der Waals surface area contributed by atoms with Crippen molar-refractivity contribution < 1.29 is 9.53 Å². The molecule has 0 bridgehead atoms. The minimum Gasteiger partial charge on any atom is -0.444 e. The maximum Gasteiger partial charge on any atom is 0.407 e. The van der Waals surface area contributed by atoms with Crippen molar-refractivity contribution in [1.29, 1.82) is 5.26 Å². The molecule has 1 amide bonds. The molecule has 184 valence electrons. The summed E-state index contributed by atoms with van der Waals surface area (Å²) in [7, 11) is 1.66. The molecule has 0 spiro atoms. The lowest BCUT2D eigenvalue weighted by Gasteiger charge is -2.35. The van der Waals surface area contributed by atoms with Gasteiger partial charge in [0.25, 0.3) is 0 Å². The molecule has 0 radical (unpaired) electrons. The van der Waals surface area contributed by atoms with Crippen molar-refractivity contribution in [2.75, 3.05) is 18.0 Å². The molecule has 0 unspecified atom stereocenters. The van der Waals surface area contributed by atoms with Gasteiger partial charge in [-0.05, 0) is 45.2 Å². The van der Waals surface area contributed by atoms with E-state index >= 15 is 0 Å². The highest BCUT2D eigenvalue weighted by molar-refractivity contribution is 6.30. The van der Waals surface area contributed by atoms with E-state index in [1.54, 1.807) is 29.8 Å². The Bertz CT molecular complexity index is 1360. The first kappa shape index (κ1) is 24.6. The Kier molecular flexibility index (Phi) is 6.77. The molecule has 9 nitrogen and oxygen atoms in total. The molecular formula is C25H29ClN6O3. The van der Waals surface area contributed by atoms with E-state index in [0.29, 0.717) is 23.3 Å². The van der Waals surface area contributed by atoms with Crippen LogP contribution >= 0.6 is 11.6 Å². The number of rotatable bonds is 4. The number of carbonyl (C=O) groups is 1. The second-order valence-electron chi connectivity index (χ2n) is 9.76. The summed E-state index contributed by atoms with van der Waals surface area (Å²) >= 11 is 6.38. The Morgan fingerprint density at radius 2 is 2.09 bits per heavy atom. The van der Waals surface area contributed by atoms with Gasteiger partial charge in [-0.15, -0.1) is 0 Å². The van der Waals surface area contributed by atoms with Crippen LogP contribution in [0.5, 0.6) is 0 Å². The maximum absolute atomic E-state index is 13.2. The number of nitrogens with zero attached hydrogens (tertiary/aromatic N) is 5. The number of benzene rings is 1. The summed E-state index contributed by atoms with van der Waals surface area (Å²) < 4.78 is 8.53. The maximum atomic E-state index is 13.2. The van der Waals surface area contributed by atoms with Crippen LogP contribution in [-0.4, -0.2) is 44.9 Å². The van der Waals surface area contributed by atoms with Crippen molar-refractivity contribution in [1.82, 2.24) is 19.4 Å². The van der Waals surface area contributed by atoms with Crippen LogP contribution in [0.2, 0.25) is 5.15 Å². The molecule has 3 heterocycles. The normalized spacial score (nSPS) is 16.2. The SMILES string of the molecule is Cn1c(=O)n(Cc2ccccc2C#N)c2c(N3CCC[C@@H](NC(=O)OC(C)(C)C)C3)cc(Cl)nc21. The zero-order valence-corrected chi connectivity index (χ0v) is 21.1. The Morgan fingerprint density at radius 3 is 2.80 bits per heavy atom. The number of pyridine rings is 1. The minimum atomic E-state index is -0.580. The summed E-state index contributed by atoms with van der Waals surface area (Å²) in [5, 5.41) is 12.8. The molecule has 1 aliphatic rings. The lowest BCUT2D eigenvalue weighted by Crippen LogP contribution is -2.49. The van der Waals surface area contributed by atoms with Gasteiger partial charge in [-0.2, -0.15) is 5.26 Å². The van der Waals surface area contributed by atoms with Crippen LogP contribution in [0.4, 0.5) is 10.5 Å². The summed E-state index contributed by atoms with van der Waals surface area (Å²) in [6.07, 6.45) is 1.21. The average molecular weight is 497 g/mol. The van der Waals surface area contributed by atoms with Crippen LogP contribution in [0.25, 0.3) is 11.2 Å². The number of fused-ring (bicyclic) bond motifs is 1. The zero-order valence-electron chi connectivity index (χ0n) is 20.3. The van der Waals surface area contributed by atoms with Gasteiger partial charge in [-0.25, -0.2) is 14.6 Å². The number of hydrogen-bond donors (Lipinski definition) is 1. The highest BCUT2D eigenvalue weighted by Gasteiger charge is 2.28. The van der Waals surface area contributed by atoms with E-state index in [-0.39, 0.29) is 23.4 Å². The number of nitriles is 1.